The summed E-state index contributed by atoms with van der Waals surface area (Å²) in [4.78, 5) is 16.1. The Morgan fingerprint density at radius 3 is 2.40 bits per heavy atom. The zero-order valence-corrected chi connectivity index (χ0v) is 9.91. The molecular weight excluding hydrogens is 190 g/mol. The molecule has 15 heavy (non-hydrogen) atoms. The lowest BCUT2D eigenvalue weighted by Gasteiger charge is -2.33. The van der Waals surface area contributed by atoms with Gasteiger partial charge in [0, 0.05) is 32.6 Å². The molecule has 1 unspecified atom stereocenters. The molecule has 1 amide bonds. The van der Waals surface area contributed by atoms with E-state index in [1.807, 2.05) is 4.90 Å². The molecule has 1 aliphatic heterocycles. The molecule has 1 saturated heterocycles. The van der Waals surface area contributed by atoms with Gasteiger partial charge in [-0.1, -0.05) is 13.3 Å². The van der Waals surface area contributed by atoms with E-state index in [-0.39, 0.29) is 5.91 Å². The van der Waals surface area contributed by atoms with Crippen LogP contribution in [0.15, 0.2) is 0 Å². The van der Waals surface area contributed by atoms with E-state index in [0.29, 0.717) is 18.9 Å². The molecule has 0 aliphatic carbocycles. The van der Waals surface area contributed by atoms with Crippen LogP contribution in [-0.4, -0.2) is 55.5 Å². The number of nitrogens with two attached hydrogens (primary N) is 1. The number of carbonyl (C=O) groups excluding carboxylic acids is 1. The average Bonchev–Trinajstić information content (AvgIpc) is 2.26. The smallest absolute Gasteiger partial charge is 0.222 e. The van der Waals surface area contributed by atoms with Crippen molar-refractivity contribution in [2.75, 3.05) is 39.8 Å². The summed E-state index contributed by atoms with van der Waals surface area (Å²) in [5.74, 6) is 0.637. The third kappa shape index (κ3) is 3.80. The van der Waals surface area contributed by atoms with Crippen molar-refractivity contribution in [3.05, 3.63) is 0 Å². The number of hydrogen-bond donors (Lipinski definition) is 1. The maximum Gasteiger partial charge on any atom is 0.222 e. The maximum atomic E-state index is 11.9. The molecule has 1 atom stereocenters. The molecule has 0 radical (unpaired) electrons. The van der Waals surface area contributed by atoms with Crippen molar-refractivity contribution in [1.82, 2.24) is 9.80 Å². The Kier molecular flexibility index (Phi) is 5.05. The normalized spacial score (nSPS) is 20.3. The van der Waals surface area contributed by atoms with Crippen LogP contribution >= 0.6 is 0 Å². The predicted molar refractivity (Wildman–Crippen MR) is 61.5 cm³/mol. The molecule has 1 heterocycles. The lowest BCUT2D eigenvalue weighted by atomic mass is 10.0. The Morgan fingerprint density at radius 2 is 1.93 bits per heavy atom. The lowest BCUT2D eigenvalue weighted by Crippen LogP contribution is -2.47. The minimum atomic E-state index is 0.278. The summed E-state index contributed by atoms with van der Waals surface area (Å²) in [6.45, 7) is 6.44. The van der Waals surface area contributed by atoms with Gasteiger partial charge in [-0.15, -0.1) is 0 Å². The monoisotopic (exact) mass is 213 g/mol. The van der Waals surface area contributed by atoms with Crippen molar-refractivity contribution in [3.63, 3.8) is 0 Å². The first-order valence-electron chi connectivity index (χ1n) is 5.83. The van der Waals surface area contributed by atoms with Crippen LogP contribution in [0.1, 0.15) is 19.8 Å². The van der Waals surface area contributed by atoms with Gasteiger partial charge in [-0.25, -0.2) is 0 Å². The van der Waals surface area contributed by atoms with E-state index in [4.69, 9.17) is 5.73 Å². The van der Waals surface area contributed by atoms with Crippen LogP contribution in [0.3, 0.4) is 0 Å². The van der Waals surface area contributed by atoms with Crippen LogP contribution in [0.5, 0.6) is 0 Å². The zero-order valence-electron chi connectivity index (χ0n) is 9.91. The number of carbonyl (C=O) groups is 1. The highest BCUT2D eigenvalue weighted by Gasteiger charge is 2.20. The quantitative estimate of drug-likeness (QED) is 0.722. The van der Waals surface area contributed by atoms with Gasteiger partial charge < -0.3 is 15.5 Å². The first-order valence-corrected chi connectivity index (χ1v) is 5.83. The molecule has 1 fully saturated rings. The number of nitrogens with zero attached hydrogens (tertiary/aromatic N) is 2. The lowest BCUT2D eigenvalue weighted by molar-refractivity contribution is -0.133. The largest absolute Gasteiger partial charge is 0.340 e. The van der Waals surface area contributed by atoms with Gasteiger partial charge in [0.25, 0.3) is 0 Å². The molecule has 1 rings (SSSR count). The molecule has 4 nitrogen and oxygen atoms in total. The summed E-state index contributed by atoms with van der Waals surface area (Å²) >= 11 is 0. The number of hydrogen-bond acceptors (Lipinski definition) is 3. The Bertz CT molecular complexity index is 196. The summed E-state index contributed by atoms with van der Waals surface area (Å²) in [5.41, 5.74) is 5.60. The standard InChI is InChI=1S/C11H23N3O/c1-3-10(9-12)8-11(15)14-6-4-13(2)5-7-14/h10H,3-9,12H2,1-2H3. The molecule has 0 aromatic heterocycles. The second-order valence-electron chi connectivity index (χ2n) is 4.40. The minimum absolute atomic E-state index is 0.278. The third-order valence-corrected chi connectivity index (χ3v) is 3.23. The number of amides is 1. The van der Waals surface area contributed by atoms with Crippen LogP contribution < -0.4 is 5.73 Å². The summed E-state index contributed by atoms with van der Waals surface area (Å²) in [6, 6.07) is 0. The molecule has 4 heteroatoms. The Hall–Kier alpha value is -0.610. The fourth-order valence-corrected chi connectivity index (χ4v) is 1.83. The molecule has 0 aromatic carbocycles. The van der Waals surface area contributed by atoms with Gasteiger partial charge in [0.1, 0.15) is 0 Å². The SMILES string of the molecule is CCC(CN)CC(=O)N1CCN(C)CC1. The van der Waals surface area contributed by atoms with E-state index in [2.05, 4.69) is 18.9 Å². The van der Waals surface area contributed by atoms with E-state index in [9.17, 15) is 4.79 Å². The van der Waals surface area contributed by atoms with Crippen LogP contribution in [0, 0.1) is 5.92 Å². The van der Waals surface area contributed by atoms with Crippen LogP contribution in [0.4, 0.5) is 0 Å². The molecule has 0 bridgehead atoms. The first-order chi connectivity index (χ1) is 7.17. The van der Waals surface area contributed by atoms with Crippen molar-refractivity contribution < 1.29 is 4.79 Å². The van der Waals surface area contributed by atoms with E-state index in [0.717, 1.165) is 32.6 Å². The summed E-state index contributed by atoms with van der Waals surface area (Å²) in [7, 11) is 2.09. The molecule has 1 aliphatic rings. The van der Waals surface area contributed by atoms with Crippen molar-refractivity contribution >= 4 is 5.91 Å². The first kappa shape index (κ1) is 12.5. The van der Waals surface area contributed by atoms with Gasteiger partial charge in [-0.3, -0.25) is 4.79 Å². The van der Waals surface area contributed by atoms with Gasteiger partial charge in [0.05, 0.1) is 0 Å². The molecule has 0 aromatic rings. The molecule has 2 N–H and O–H groups in total. The summed E-state index contributed by atoms with van der Waals surface area (Å²) < 4.78 is 0. The highest BCUT2D eigenvalue weighted by molar-refractivity contribution is 5.76. The van der Waals surface area contributed by atoms with Gasteiger partial charge in [-0.05, 0) is 19.5 Å². The second-order valence-corrected chi connectivity index (χ2v) is 4.40. The van der Waals surface area contributed by atoms with Crippen molar-refractivity contribution in [2.45, 2.75) is 19.8 Å². The van der Waals surface area contributed by atoms with Gasteiger partial charge in [0.15, 0.2) is 0 Å². The Morgan fingerprint density at radius 1 is 1.33 bits per heavy atom. The topological polar surface area (TPSA) is 49.6 Å². The number of piperazine rings is 1. The predicted octanol–water partition coefficient (Wildman–Crippen LogP) is 0.135. The summed E-state index contributed by atoms with van der Waals surface area (Å²) in [5, 5.41) is 0. The third-order valence-electron chi connectivity index (χ3n) is 3.23. The molecule has 0 saturated carbocycles. The second kappa shape index (κ2) is 6.08. The molecule has 0 spiro atoms. The fourth-order valence-electron chi connectivity index (χ4n) is 1.83. The minimum Gasteiger partial charge on any atom is -0.340 e. The van der Waals surface area contributed by atoms with Crippen molar-refractivity contribution in [1.29, 1.82) is 0 Å². The van der Waals surface area contributed by atoms with Crippen LogP contribution in [0.2, 0.25) is 0 Å². The van der Waals surface area contributed by atoms with E-state index in [1.54, 1.807) is 0 Å². The number of rotatable bonds is 4. The van der Waals surface area contributed by atoms with Gasteiger partial charge >= 0.3 is 0 Å². The molecule has 88 valence electrons. The van der Waals surface area contributed by atoms with Crippen LogP contribution in [-0.2, 0) is 4.79 Å². The maximum absolute atomic E-state index is 11.9. The highest BCUT2D eigenvalue weighted by atomic mass is 16.2. The van der Waals surface area contributed by atoms with Crippen molar-refractivity contribution in [3.8, 4) is 0 Å². The average molecular weight is 213 g/mol. The molecular formula is C11H23N3O. The summed E-state index contributed by atoms with van der Waals surface area (Å²) in [6.07, 6.45) is 1.62. The highest BCUT2D eigenvalue weighted by Crippen LogP contribution is 2.10. The Balaban J connectivity index is 2.33. The van der Waals surface area contributed by atoms with Crippen LogP contribution in [0.25, 0.3) is 0 Å². The Labute approximate surface area is 92.4 Å². The fraction of sp³-hybridized carbons (Fsp3) is 0.909. The number of likely N-dealkylation sites (N-methyl/N-ethyl adjacent to an activating group) is 1. The zero-order chi connectivity index (χ0) is 11.3. The van der Waals surface area contributed by atoms with Crippen molar-refractivity contribution in [2.24, 2.45) is 11.7 Å². The van der Waals surface area contributed by atoms with Gasteiger partial charge in [-0.2, -0.15) is 0 Å². The van der Waals surface area contributed by atoms with E-state index >= 15 is 0 Å². The van der Waals surface area contributed by atoms with E-state index in [1.165, 1.54) is 0 Å². The van der Waals surface area contributed by atoms with Gasteiger partial charge in [0.2, 0.25) is 5.91 Å². The van der Waals surface area contributed by atoms with E-state index < -0.39 is 0 Å².